The number of carboxylic acids is 1. The Balaban J connectivity index is 1.68. The van der Waals surface area contributed by atoms with E-state index in [0.29, 0.717) is 43.5 Å². The molecule has 0 saturated carbocycles. The molecule has 27 heavy (non-hydrogen) atoms. The number of aryl methyl sites for hydroxylation is 1. The predicted molar refractivity (Wildman–Crippen MR) is 95.8 cm³/mol. The standard InChI is InChI=1S/C18H20N4O5/c1-2-12-3-4-13(9-16(12)22(26)27)17(23)20-7-5-15(6-8-20)21-11-14(10-19-21)18(24)25/h3-4,9-11,15H,2,5-8H2,1H3,(H,24,25). The van der Waals surface area contributed by atoms with Crippen LogP contribution in [0.25, 0.3) is 0 Å². The first-order valence-electron chi connectivity index (χ1n) is 8.74. The minimum atomic E-state index is -1.02. The van der Waals surface area contributed by atoms with E-state index in [4.69, 9.17) is 5.11 Å². The van der Waals surface area contributed by atoms with Crippen molar-refractivity contribution in [2.75, 3.05) is 13.1 Å². The van der Waals surface area contributed by atoms with Crippen molar-refractivity contribution in [1.82, 2.24) is 14.7 Å². The Morgan fingerprint density at radius 2 is 2.00 bits per heavy atom. The molecular formula is C18H20N4O5. The Morgan fingerprint density at radius 3 is 2.56 bits per heavy atom. The van der Waals surface area contributed by atoms with Crippen molar-refractivity contribution < 1.29 is 19.6 Å². The predicted octanol–water partition coefficient (Wildman–Crippen LogP) is 2.53. The van der Waals surface area contributed by atoms with Gasteiger partial charge in [-0.05, 0) is 25.3 Å². The molecule has 0 aliphatic carbocycles. The van der Waals surface area contributed by atoms with Crippen LogP contribution < -0.4 is 0 Å². The number of carboxylic acid groups (broad SMARTS) is 1. The molecule has 0 radical (unpaired) electrons. The van der Waals surface area contributed by atoms with Gasteiger partial charge in [0.25, 0.3) is 11.6 Å². The third kappa shape index (κ3) is 3.81. The van der Waals surface area contributed by atoms with Crippen LogP contribution in [0.5, 0.6) is 0 Å². The number of nitro groups is 1. The van der Waals surface area contributed by atoms with Crippen LogP contribution in [0.2, 0.25) is 0 Å². The van der Waals surface area contributed by atoms with Gasteiger partial charge in [0.15, 0.2) is 0 Å². The number of carbonyl (C=O) groups excluding carboxylic acids is 1. The van der Waals surface area contributed by atoms with E-state index in [-0.39, 0.29) is 23.2 Å². The molecule has 1 saturated heterocycles. The first-order chi connectivity index (χ1) is 12.9. The van der Waals surface area contributed by atoms with E-state index >= 15 is 0 Å². The van der Waals surface area contributed by atoms with E-state index in [1.807, 2.05) is 6.92 Å². The third-order valence-electron chi connectivity index (χ3n) is 4.88. The summed E-state index contributed by atoms with van der Waals surface area (Å²) in [6.07, 6.45) is 4.62. The van der Waals surface area contributed by atoms with Gasteiger partial charge < -0.3 is 10.0 Å². The number of carbonyl (C=O) groups is 2. The van der Waals surface area contributed by atoms with Crippen LogP contribution >= 0.6 is 0 Å². The number of hydrogen-bond acceptors (Lipinski definition) is 5. The van der Waals surface area contributed by atoms with Crippen LogP contribution in [-0.2, 0) is 6.42 Å². The van der Waals surface area contributed by atoms with Crippen LogP contribution in [0.3, 0.4) is 0 Å². The van der Waals surface area contributed by atoms with Gasteiger partial charge in [-0.25, -0.2) is 4.79 Å². The van der Waals surface area contributed by atoms with Gasteiger partial charge in [0.1, 0.15) is 0 Å². The molecule has 1 aliphatic heterocycles. The molecule has 1 aromatic heterocycles. The van der Waals surface area contributed by atoms with E-state index in [0.717, 1.165) is 0 Å². The molecule has 2 heterocycles. The normalized spacial score (nSPS) is 14.9. The zero-order valence-corrected chi connectivity index (χ0v) is 14.9. The highest BCUT2D eigenvalue weighted by atomic mass is 16.6. The average Bonchev–Trinajstić information content (AvgIpc) is 3.17. The summed E-state index contributed by atoms with van der Waals surface area (Å²) in [5.41, 5.74) is 1.01. The first-order valence-corrected chi connectivity index (χ1v) is 8.74. The molecule has 0 bridgehead atoms. The van der Waals surface area contributed by atoms with Crippen LogP contribution in [0.1, 0.15) is 52.1 Å². The first kappa shape index (κ1) is 18.6. The maximum Gasteiger partial charge on any atom is 0.338 e. The number of piperidine rings is 1. The van der Waals surface area contributed by atoms with Crippen LogP contribution in [0.15, 0.2) is 30.6 Å². The van der Waals surface area contributed by atoms with Crippen molar-refractivity contribution in [3.63, 3.8) is 0 Å². The van der Waals surface area contributed by atoms with Crippen molar-refractivity contribution in [2.45, 2.75) is 32.2 Å². The van der Waals surface area contributed by atoms with E-state index in [2.05, 4.69) is 5.10 Å². The fourth-order valence-corrected chi connectivity index (χ4v) is 3.33. The number of likely N-dealkylation sites (tertiary alicyclic amines) is 1. The largest absolute Gasteiger partial charge is 0.478 e. The van der Waals surface area contributed by atoms with Gasteiger partial charge in [0.2, 0.25) is 0 Å². The van der Waals surface area contributed by atoms with E-state index in [1.54, 1.807) is 21.7 Å². The van der Waals surface area contributed by atoms with Gasteiger partial charge in [-0.15, -0.1) is 0 Å². The molecular weight excluding hydrogens is 352 g/mol. The lowest BCUT2D eigenvalue weighted by Gasteiger charge is -2.32. The van der Waals surface area contributed by atoms with Crippen molar-refractivity contribution >= 4 is 17.6 Å². The molecule has 9 nitrogen and oxygen atoms in total. The minimum absolute atomic E-state index is 0.0268. The third-order valence-corrected chi connectivity index (χ3v) is 4.88. The Hall–Kier alpha value is -3.23. The number of nitro benzene ring substituents is 1. The second-order valence-electron chi connectivity index (χ2n) is 6.49. The Labute approximate surface area is 155 Å². The number of aromatic nitrogens is 2. The van der Waals surface area contributed by atoms with Crippen molar-refractivity contribution in [1.29, 1.82) is 0 Å². The summed E-state index contributed by atoms with van der Waals surface area (Å²) in [7, 11) is 0. The van der Waals surface area contributed by atoms with E-state index in [1.165, 1.54) is 18.5 Å². The molecule has 1 aliphatic rings. The quantitative estimate of drug-likeness (QED) is 0.636. The summed E-state index contributed by atoms with van der Waals surface area (Å²) in [5.74, 6) is -1.25. The van der Waals surface area contributed by atoms with Gasteiger partial charge in [0, 0.05) is 36.5 Å². The Bertz CT molecular complexity index is 884. The number of hydrogen-bond donors (Lipinski definition) is 1. The summed E-state index contributed by atoms with van der Waals surface area (Å²) in [4.78, 5) is 36.1. The smallest absolute Gasteiger partial charge is 0.338 e. The summed E-state index contributed by atoms with van der Waals surface area (Å²) < 4.78 is 1.63. The summed E-state index contributed by atoms with van der Waals surface area (Å²) in [5, 5.41) is 24.3. The fourth-order valence-electron chi connectivity index (χ4n) is 3.33. The maximum atomic E-state index is 12.7. The monoisotopic (exact) mass is 372 g/mol. The molecule has 1 N–H and O–H groups in total. The second-order valence-corrected chi connectivity index (χ2v) is 6.49. The van der Waals surface area contributed by atoms with Crippen molar-refractivity contribution in [2.24, 2.45) is 0 Å². The highest BCUT2D eigenvalue weighted by Gasteiger charge is 2.26. The number of amides is 1. The second kappa shape index (κ2) is 7.56. The minimum Gasteiger partial charge on any atom is -0.478 e. The zero-order valence-electron chi connectivity index (χ0n) is 14.9. The molecule has 0 spiro atoms. The summed E-state index contributed by atoms with van der Waals surface area (Å²) in [6, 6.07) is 4.64. The van der Waals surface area contributed by atoms with Gasteiger partial charge in [-0.3, -0.25) is 19.6 Å². The van der Waals surface area contributed by atoms with Gasteiger partial charge >= 0.3 is 5.97 Å². The molecule has 0 atom stereocenters. The molecule has 0 unspecified atom stereocenters. The molecule has 142 valence electrons. The number of benzene rings is 1. The van der Waals surface area contributed by atoms with Gasteiger partial charge in [0.05, 0.1) is 22.7 Å². The molecule has 1 aromatic carbocycles. The number of rotatable bonds is 5. The summed E-state index contributed by atoms with van der Waals surface area (Å²) in [6.45, 7) is 2.80. The van der Waals surface area contributed by atoms with Crippen LogP contribution in [0, 0.1) is 10.1 Å². The lowest BCUT2D eigenvalue weighted by Crippen LogP contribution is -2.39. The lowest BCUT2D eigenvalue weighted by molar-refractivity contribution is -0.385. The Kier molecular flexibility index (Phi) is 5.20. The molecule has 1 amide bonds. The fraction of sp³-hybridized carbons (Fsp3) is 0.389. The summed E-state index contributed by atoms with van der Waals surface area (Å²) >= 11 is 0. The van der Waals surface area contributed by atoms with E-state index in [9.17, 15) is 19.7 Å². The Morgan fingerprint density at radius 1 is 1.30 bits per heavy atom. The molecule has 2 aromatic rings. The number of aromatic carboxylic acids is 1. The SMILES string of the molecule is CCc1ccc(C(=O)N2CCC(n3cc(C(=O)O)cn3)CC2)cc1[N+](=O)[O-]. The highest BCUT2D eigenvalue weighted by molar-refractivity contribution is 5.95. The maximum absolute atomic E-state index is 12.7. The number of nitrogens with zero attached hydrogens (tertiary/aromatic N) is 4. The lowest BCUT2D eigenvalue weighted by atomic mass is 10.0. The topological polar surface area (TPSA) is 119 Å². The van der Waals surface area contributed by atoms with E-state index < -0.39 is 10.9 Å². The zero-order chi connectivity index (χ0) is 19.6. The van der Waals surface area contributed by atoms with Gasteiger partial charge in [-0.1, -0.05) is 13.0 Å². The van der Waals surface area contributed by atoms with Crippen molar-refractivity contribution in [3.05, 3.63) is 57.4 Å². The van der Waals surface area contributed by atoms with Crippen LogP contribution in [-0.4, -0.2) is 49.7 Å². The van der Waals surface area contributed by atoms with Crippen molar-refractivity contribution in [3.8, 4) is 0 Å². The average molecular weight is 372 g/mol. The molecule has 1 fully saturated rings. The highest BCUT2D eigenvalue weighted by Crippen LogP contribution is 2.26. The van der Waals surface area contributed by atoms with Crippen LogP contribution in [0.4, 0.5) is 5.69 Å². The van der Waals surface area contributed by atoms with Gasteiger partial charge in [-0.2, -0.15) is 5.10 Å². The molecule has 3 rings (SSSR count). The molecule has 9 heteroatoms.